The third-order valence-electron chi connectivity index (χ3n) is 11.5. The van der Waals surface area contributed by atoms with Crippen molar-refractivity contribution in [3.8, 4) is 56.4 Å². The number of nitrogens with zero attached hydrogens (tertiary/aromatic N) is 5. The van der Waals surface area contributed by atoms with Gasteiger partial charge in [-0.2, -0.15) is 0 Å². The molecule has 5 heteroatoms. The van der Waals surface area contributed by atoms with E-state index in [4.69, 9.17) is 24.9 Å². The maximum absolute atomic E-state index is 5.50. The molecule has 7 aromatic carbocycles. The molecule has 0 amide bonds. The van der Waals surface area contributed by atoms with Crippen LogP contribution in [0.2, 0.25) is 0 Å². The maximum Gasteiger partial charge on any atom is 0.0978 e. The minimum atomic E-state index is 0.743. The van der Waals surface area contributed by atoms with E-state index in [1.807, 2.05) is 18.2 Å². The van der Waals surface area contributed by atoms with E-state index in [2.05, 4.69) is 182 Å². The van der Waals surface area contributed by atoms with Crippen molar-refractivity contribution < 1.29 is 0 Å². The van der Waals surface area contributed by atoms with Crippen molar-refractivity contribution in [1.29, 1.82) is 0 Å². The molecular formula is C55H33N5. The smallest absolute Gasteiger partial charge is 0.0978 e. The Balaban J connectivity index is 1.08. The normalized spacial score (nSPS) is 11.7. The zero-order valence-corrected chi connectivity index (χ0v) is 32.3. The highest BCUT2D eigenvalue weighted by Gasteiger charge is 2.17. The fourth-order valence-electron chi connectivity index (χ4n) is 8.50. The van der Waals surface area contributed by atoms with Crippen LogP contribution in [0.1, 0.15) is 0 Å². The molecule has 0 spiro atoms. The topological polar surface area (TPSA) is 64.5 Å². The molecule has 12 aromatic rings. The average molecular weight is 764 g/mol. The van der Waals surface area contributed by atoms with Crippen molar-refractivity contribution >= 4 is 65.2 Å². The summed E-state index contributed by atoms with van der Waals surface area (Å²) < 4.78 is 0. The Labute approximate surface area is 345 Å². The zero-order chi connectivity index (χ0) is 39.6. The molecule has 12 rings (SSSR count). The predicted octanol–water partition coefficient (Wildman–Crippen LogP) is 13.9. The second-order valence-electron chi connectivity index (χ2n) is 15.3. The molecule has 0 saturated carbocycles. The fourth-order valence-corrected chi connectivity index (χ4v) is 8.50. The molecule has 0 aliphatic rings. The van der Waals surface area contributed by atoms with Crippen LogP contribution in [-0.4, -0.2) is 24.9 Å². The van der Waals surface area contributed by atoms with Gasteiger partial charge in [-0.15, -0.1) is 0 Å². The number of rotatable bonds is 5. The maximum atomic E-state index is 5.50. The highest BCUT2D eigenvalue weighted by molar-refractivity contribution is 6.11. The van der Waals surface area contributed by atoms with Crippen LogP contribution in [0.25, 0.3) is 122 Å². The lowest BCUT2D eigenvalue weighted by molar-refractivity contribution is 1.24. The van der Waals surface area contributed by atoms with E-state index in [-0.39, 0.29) is 0 Å². The Morgan fingerprint density at radius 3 is 1.30 bits per heavy atom. The Bertz CT molecular complexity index is 3520. The highest BCUT2D eigenvalue weighted by Crippen LogP contribution is 2.38. The number of hydrogen-bond donors (Lipinski definition) is 0. The summed E-state index contributed by atoms with van der Waals surface area (Å²) in [6, 6.07) is 69.8. The van der Waals surface area contributed by atoms with Gasteiger partial charge in [0.1, 0.15) is 0 Å². The van der Waals surface area contributed by atoms with Crippen LogP contribution < -0.4 is 0 Å². The molecule has 0 atom stereocenters. The number of hydrogen-bond acceptors (Lipinski definition) is 5. The van der Waals surface area contributed by atoms with Gasteiger partial charge in [0, 0.05) is 32.7 Å². The van der Waals surface area contributed by atoms with E-state index in [9.17, 15) is 0 Å². The number of fused-ring (bicyclic) bond motifs is 7. The summed E-state index contributed by atoms with van der Waals surface area (Å²) in [4.78, 5) is 26.5. The summed E-state index contributed by atoms with van der Waals surface area (Å²) in [7, 11) is 0. The van der Waals surface area contributed by atoms with Gasteiger partial charge in [-0.1, -0.05) is 127 Å². The fraction of sp³-hybridized carbons (Fsp3) is 0. The molecule has 5 aromatic heterocycles. The minimum Gasteiger partial charge on any atom is -0.246 e. The molecule has 5 nitrogen and oxygen atoms in total. The molecule has 278 valence electrons. The van der Waals surface area contributed by atoms with Crippen LogP contribution in [0.15, 0.2) is 200 Å². The van der Waals surface area contributed by atoms with Gasteiger partial charge in [-0.3, -0.25) is 0 Å². The first-order valence-corrected chi connectivity index (χ1v) is 20.1. The predicted molar refractivity (Wildman–Crippen MR) is 248 cm³/mol. The molecule has 5 heterocycles. The van der Waals surface area contributed by atoms with Crippen LogP contribution in [0.3, 0.4) is 0 Å². The first-order valence-electron chi connectivity index (χ1n) is 20.1. The summed E-state index contributed by atoms with van der Waals surface area (Å²) >= 11 is 0. The van der Waals surface area contributed by atoms with E-state index in [0.29, 0.717) is 0 Å². The van der Waals surface area contributed by atoms with Crippen molar-refractivity contribution in [2.24, 2.45) is 0 Å². The van der Waals surface area contributed by atoms with Gasteiger partial charge in [0.05, 0.1) is 56.2 Å². The molecule has 0 bridgehead atoms. The summed E-state index contributed by atoms with van der Waals surface area (Å²) in [5, 5.41) is 8.90. The molecule has 0 unspecified atom stereocenters. The van der Waals surface area contributed by atoms with Crippen molar-refractivity contribution in [1.82, 2.24) is 24.9 Å². The van der Waals surface area contributed by atoms with Gasteiger partial charge in [0.2, 0.25) is 0 Å². The van der Waals surface area contributed by atoms with E-state index in [1.54, 1.807) is 0 Å². The van der Waals surface area contributed by atoms with E-state index >= 15 is 0 Å². The van der Waals surface area contributed by atoms with Gasteiger partial charge >= 0.3 is 0 Å². The van der Waals surface area contributed by atoms with Crippen molar-refractivity contribution in [2.75, 3.05) is 0 Å². The van der Waals surface area contributed by atoms with Gasteiger partial charge in [-0.05, 0) is 105 Å². The summed E-state index contributed by atoms with van der Waals surface area (Å²) in [5.41, 5.74) is 12.5. The molecule has 0 aliphatic carbocycles. The Morgan fingerprint density at radius 1 is 0.233 bits per heavy atom. The van der Waals surface area contributed by atoms with Crippen LogP contribution >= 0.6 is 0 Å². The molecule has 0 saturated heterocycles. The summed E-state index contributed by atoms with van der Waals surface area (Å²) in [6.07, 6.45) is 0. The Kier molecular flexibility index (Phi) is 7.78. The van der Waals surface area contributed by atoms with Crippen LogP contribution in [0, 0.1) is 0 Å². The first-order chi connectivity index (χ1) is 29.7. The highest BCUT2D eigenvalue weighted by atomic mass is 14.8. The molecule has 0 radical (unpaired) electrons. The molecule has 0 aliphatic heterocycles. The monoisotopic (exact) mass is 763 g/mol. The number of benzene rings is 7. The van der Waals surface area contributed by atoms with E-state index in [0.717, 1.165) is 111 Å². The standard InChI is InChI=1S/C55H33N5/c1-3-11-34(12-4-1)45-29-42-21-23-46(35-13-5-2-6-14-35)59-54(42)55-44(45)22-26-47(60-55)43-32-52(48-24-19-40-27-36-15-7-9-17-38(36)30-50(40)56-48)58-53(33-43)49-25-20-41-28-37-16-8-10-18-39(37)31-51(41)57-49/h1-33H. The van der Waals surface area contributed by atoms with Gasteiger partial charge in [-0.25, -0.2) is 24.9 Å². The lowest BCUT2D eigenvalue weighted by atomic mass is 9.96. The van der Waals surface area contributed by atoms with Crippen molar-refractivity contribution in [3.63, 3.8) is 0 Å². The second-order valence-corrected chi connectivity index (χ2v) is 15.3. The SMILES string of the molecule is c1ccc(-c2ccc3cc(-c4ccccc4)c4ccc(-c5cc(-c6ccc7cc8ccccc8cc7n6)nc(-c6ccc7cc8ccccc8cc7n6)c5)nc4c3n2)cc1. The number of pyridine rings is 5. The Hall–Kier alpha value is -8.15. The largest absolute Gasteiger partial charge is 0.246 e. The van der Waals surface area contributed by atoms with Gasteiger partial charge in [0.15, 0.2) is 0 Å². The van der Waals surface area contributed by atoms with Crippen molar-refractivity contribution in [3.05, 3.63) is 200 Å². The third-order valence-corrected chi connectivity index (χ3v) is 11.5. The molecule has 60 heavy (non-hydrogen) atoms. The van der Waals surface area contributed by atoms with Crippen LogP contribution in [0.5, 0.6) is 0 Å². The van der Waals surface area contributed by atoms with Crippen molar-refractivity contribution in [2.45, 2.75) is 0 Å². The first kappa shape index (κ1) is 33.9. The molecular weight excluding hydrogens is 731 g/mol. The zero-order valence-electron chi connectivity index (χ0n) is 32.3. The third kappa shape index (κ3) is 5.91. The molecule has 0 N–H and O–H groups in total. The second kappa shape index (κ2) is 13.8. The van der Waals surface area contributed by atoms with E-state index < -0.39 is 0 Å². The lowest BCUT2D eigenvalue weighted by Crippen LogP contribution is -1.97. The van der Waals surface area contributed by atoms with Gasteiger partial charge < -0.3 is 0 Å². The van der Waals surface area contributed by atoms with Crippen LogP contribution in [0.4, 0.5) is 0 Å². The minimum absolute atomic E-state index is 0.743. The van der Waals surface area contributed by atoms with Crippen LogP contribution in [-0.2, 0) is 0 Å². The lowest BCUT2D eigenvalue weighted by Gasteiger charge is -2.14. The summed E-state index contributed by atoms with van der Waals surface area (Å²) in [5.74, 6) is 0. The number of aromatic nitrogens is 5. The molecule has 0 fully saturated rings. The Morgan fingerprint density at radius 2 is 0.700 bits per heavy atom. The van der Waals surface area contributed by atoms with E-state index in [1.165, 1.54) is 10.8 Å². The van der Waals surface area contributed by atoms with Gasteiger partial charge in [0.25, 0.3) is 0 Å². The average Bonchev–Trinajstić information content (AvgIpc) is 3.32. The quantitative estimate of drug-likeness (QED) is 0.129. The summed E-state index contributed by atoms with van der Waals surface area (Å²) in [6.45, 7) is 0.